The number of rotatable bonds is 3. The van der Waals surface area contributed by atoms with Crippen molar-refractivity contribution in [3.8, 4) is 0 Å². The molecule has 0 spiro atoms. The van der Waals surface area contributed by atoms with E-state index in [0.717, 1.165) is 0 Å². The molecule has 79 valence electrons. The molecule has 0 aliphatic rings. The van der Waals surface area contributed by atoms with Gasteiger partial charge in [-0.2, -0.15) is 0 Å². The van der Waals surface area contributed by atoms with Gasteiger partial charge in [0.25, 0.3) is 5.52 Å². The van der Waals surface area contributed by atoms with Crippen LogP contribution in [0.3, 0.4) is 0 Å². The first-order chi connectivity index (χ1) is 5.55. The normalized spacial score (nSPS) is 12.1. The third-order valence-corrected chi connectivity index (χ3v) is 4.11. The predicted molar refractivity (Wildman–Crippen MR) is 49.4 cm³/mol. The van der Waals surface area contributed by atoms with Crippen LogP contribution in [0.25, 0.3) is 0 Å². The third-order valence-electron chi connectivity index (χ3n) is 0.866. The molecule has 0 heterocycles. The Morgan fingerprint density at radius 2 is 1.36 bits per heavy atom. The molecule has 0 aliphatic carbocycles. The maximum atomic E-state index is 10.5. The van der Waals surface area contributed by atoms with Crippen LogP contribution in [-0.2, 0) is 9.13 Å². The summed E-state index contributed by atoms with van der Waals surface area (Å²) in [5, 5.41) is 0. The van der Waals surface area contributed by atoms with E-state index in [1.54, 1.807) is 0 Å². The van der Waals surface area contributed by atoms with Crippen LogP contribution in [0.15, 0.2) is 4.99 Å². The van der Waals surface area contributed by atoms with Gasteiger partial charge in [0, 0.05) is 29.6 Å². The molecule has 0 aromatic heterocycles. The fourth-order valence-electron chi connectivity index (χ4n) is 0.480. The number of hydrogen-bond donors (Lipinski definition) is 6. The van der Waals surface area contributed by atoms with Gasteiger partial charge >= 0.3 is 15.2 Å². The molecule has 9 nitrogen and oxygen atoms in total. The molecule has 0 saturated carbocycles. The van der Waals surface area contributed by atoms with E-state index in [0.29, 0.717) is 0 Å². The molecule has 0 aromatic carbocycles. The maximum absolute atomic E-state index is 10.5. The molecule has 14 heavy (non-hydrogen) atoms. The van der Waals surface area contributed by atoms with E-state index in [4.69, 9.17) is 31.0 Å². The van der Waals surface area contributed by atoms with Crippen molar-refractivity contribution in [3.63, 3.8) is 0 Å². The van der Waals surface area contributed by atoms with E-state index >= 15 is 0 Å². The van der Waals surface area contributed by atoms with E-state index in [9.17, 15) is 9.13 Å². The number of nitrogens with two attached hydrogens (primary N) is 2. The first-order valence-corrected chi connectivity index (χ1v) is 6.10. The molecular formula is C2H9N3NaO6P2. The Bertz CT molecular complexity index is 280. The molecule has 0 saturated heterocycles. The molecule has 0 rings (SSSR count). The van der Waals surface area contributed by atoms with Gasteiger partial charge in [-0.25, -0.2) is 4.99 Å². The molecule has 1 radical (unpaired) electrons. The first kappa shape index (κ1) is 17.0. The van der Waals surface area contributed by atoms with Crippen molar-refractivity contribution >= 4 is 50.7 Å². The zero-order valence-corrected chi connectivity index (χ0v) is 11.0. The van der Waals surface area contributed by atoms with Crippen molar-refractivity contribution in [1.82, 2.24) is 0 Å². The van der Waals surface area contributed by atoms with E-state index in [1.165, 1.54) is 0 Å². The van der Waals surface area contributed by atoms with Gasteiger partial charge in [0.2, 0.25) is 0 Å². The summed E-state index contributed by atoms with van der Waals surface area (Å²) in [5.74, 6) is -0.809. The fourth-order valence-corrected chi connectivity index (χ4v) is 2.61. The summed E-state index contributed by atoms with van der Waals surface area (Å²) in [5.41, 5.74) is 6.93. The molecule has 0 amide bonds. The Morgan fingerprint density at radius 1 is 1.07 bits per heavy atom. The SMILES string of the molecule is NC(N)=NC(P(=O)(O)O)P(=O)(O)O.[Na]. The Kier molecular flexibility index (Phi) is 6.79. The minimum atomic E-state index is -5.06. The number of guanidine groups is 1. The van der Waals surface area contributed by atoms with Gasteiger partial charge in [-0.1, -0.05) is 0 Å². The van der Waals surface area contributed by atoms with Crippen LogP contribution in [-0.4, -0.2) is 60.6 Å². The molecule has 0 bridgehead atoms. The second-order valence-electron chi connectivity index (χ2n) is 2.08. The Morgan fingerprint density at radius 3 is 1.43 bits per heavy atom. The van der Waals surface area contributed by atoms with E-state index in [2.05, 4.69) is 4.99 Å². The molecule has 12 heteroatoms. The second-order valence-corrected chi connectivity index (χ2v) is 5.82. The zero-order valence-electron chi connectivity index (χ0n) is 7.18. The van der Waals surface area contributed by atoms with E-state index in [1.807, 2.05) is 0 Å². The average Bonchev–Trinajstić information content (AvgIpc) is 1.77. The summed E-state index contributed by atoms with van der Waals surface area (Å²) in [7, 11) is -10.1. The van der Waals surface area contributed by atoms with Gasteiger partial charge in [-0.3, -0.25) is 9.13 Å². The van der Waals surface area contributed by atoms with E-state index in [-0.39, 0.29) is 29.6 Å². The van der Waals surface area contributed by atoms with Gasteiger partial charge in [0.15, 0.2) is 5.96 Å². The van der Waals surface area contributed by atoms with Crippen molar-refractivity contribution in [1.29, 1.82) is 0 Å². The van der Waals surface area contributed by atoms with Gasteiger partial charge in [-0.05, 0) is 0 Å². The minimum Gasteiger partial charge on any atom is -0.370 e. The molecular weight excluding hydrogens is 247 g/mol. The molecule has 0 aliphatic heterocycles. The van der Waals surface area contributed by atoms with E-state index < -0.39 is 26.7 Å². The third kappa shape index (κ3) is 6.13. The van der Waals surface area contributed by atoms with Gasteiger partial charge < -0.3 is 31.0 Å². The molecule has 0 atom stereocenters. The van der Waals surface area contributed by atoms with Crippen molar-refractivity contribution in [2.75, 3.05) is 0 Å². The summed E-state index contributed by atoms with van der Waals surface area (Å²) < 4.78 is 21.0. The first-order valence-electron chi connectivity index (χ1n) is 2.74. The van der Waals surface area contributed by atoms with Gasteiger partial charge in [0.1, 0.15) is 0 Å². The van der Waals surface area contributed by atoms with Crippen LogP contribution in [0.1, 0.15) is 0 Å². The maximum Gasteiger partial charge on any atom is 0.362 e. The van der Waals surface area contributed by atoms with Crippen molar-refractivity contribution in [3.05, 3.63) is 0 Å². The Balaban J connectivity index is 0. The molecule has 0 unspecified atom stereocenters. The van der Waals surface area contributed by atoms with Crippen LogP contribution in [0.4, 0.5) is 0 Å². The van der Waals surface area contributed by atoms with Gasteiger partial charge in [-0.15, -0.1) is 0 Å². The quantitative estimate of drug-likeness (QED) is 0.139. The fraction of sp³-hybridized carbons (Fsp3) is 0.500. The van der Waals surface area contributed by atoms with Crippen molar-refractivity contribution < 1.29 is 28.7 Å². The van der Waals surface area contributed by atoms with Crippen molar-refractivity contribution in [2.45, 2.75) is 5.52 Å². The summed E-state index contributed by atoms with van der Waals surface area (Å²) in [4.78, 5) is 36.6. The van der Waals surface area contributed by atoms with Crippen LogP contribution < -0.4 is 11.5 Å². The van der Waals surface area contributed by atoms with Crippen molar-refractivity contribution in [2.24, 2.45) is 16.5 Å². The molecule has 0 fully saturated rings. The number of nitrogens with zero attached hydrogens (tertiary/aromatic N) is 1. The second kappa shape index (κ2) is 5.60. The molecule has 8 N–H and O–H groups in total. The number of aliphatic imine (C=N–C) groups is 1. The summed E-state index contributed by atoms with van der Waals surface area (Å²) >= 11 is 0. The monoisotopic (exact) mass is 256 g/mol. The largest absolute Gasteiger partial charge is 0.370 e. The van der Waals surface area contributed by atoms with Crippen LogP contribution in [0.2, 0.25) is 0 Å². The Labute approximate surface area is 101 Å². The zero-order chi connectivity index (χ0) is 10.9. The molecule has 0 aromatic rings. The van der Waals surface area contributed by atoms with Crippen LogP contribution >= 0.6 is 15.2 Å². The average molecular weight is 256 g/mol. The summed E-state index contributed by atoms with van der Waals surface area (Å²) in [6.45, 7) is 0. The smallest absolute Gasteiger partial charge is 0.362 e. The predicted octanol–water partition coefficient (Wildman–Crippen LogP) is -2.48. The summed E-state index contributed by atoms with van der Waals surface area (Å²) in [6.07, 6.45) is 0. The van der Waals surface area contributed by atoms with Gasteiger partial charge in [0.05, 0.1) is 0 Å². The minimum absolute atomic E-state index is 0. The standard InChI is InChI=1S/C2H9N3O6P2.Na/c3-1(4)5-2(12(6,7)8)13(9,10)11;/h2H,(H4,3,4,5)(H2,6,7,8)(H2,9,10,11);. The van der Waals surface area contributed by atoms with Crippen LogP contribution in [0.5, 0.6) is 0 Å². The summed E-state index contributed by atoms with van der Waals surface area (Å²) in [6, 6.07) is 0. The van der Waals surface area contributed by atoms with Crippen LogP contribution in [0, 0.1) is 0 Å². The Hall–Kier alpha value is 0.570. The number of hydrogen-bond acceptors (Lipinski definition) is 3. The topological polar surface area (TPSA) is 179 Å².